The van der Waals surface area contributed by atoms with Crippen LogP contribution in [0.2, 0.25) is 5.02 Å². The molecule has 2 aromatic rings. The van der Waals surface area contributed by atoms with Crippen LogP contribution in [0.5, 0.6) is 0 Å². The van der Waals surface area contributed by atoms with Gasteiger partial charge in [0.05, 0.1) is 5.69 Å². The van der Waals surface area contributed by atoms with Crippen molar-refractivity contribution in [2.24, 2.45) is 11.1 Å². The number of nitrogens with zero attached hydrogens (tertiary/aromatic N) is 2. The van der Waals surface area contributed by atoms with Gasteiger partial charge in [0, 0.05) is 10.6 Å². The molecule has 1 fully saturated rings. The zero-order valence-corrected chi connectivity index (χ0v) is 14.4. The first-order valence-corrected chi connectivity index (χ1v) is 8.34. The number of hydrogen-bond donors (Lipinski definition) is 0. The lowest BCUT2D eigenvalue weighted by atomic mass is 9.93. The molecule has 0 bridgehead atoms. The second-order valence-corrected chi connectivity index (χ2v) is 6.55. The van der Waals surface area contributed by atoms with Gasteiger partial charge in [-0.2, -0.15) is 0 Å². The fraction of sp³-hybridized carbons (Fsp3) is 0.158. The Morgan fingerprint density at radius 2 is 1.77 bits per heavy atom. The van der Waals surface area contributed by atoms with Gasteiger partial charge in [-0.1, -0.05) is 35.0 Å². The van der Waals surface area contributed by atoms with Crippen LogP contribution in [-0.2, 0) is 14.4 Å². The molecule has 2 heterocycles. The van der Waals surface area contributed by atoms with E-state index in [0.717, 1.165) is 10.5 Å². The van der Waals surface area contributed by atoms with Gasteiger partial charge in [0.15, 0.2) is 0 Å². The van der Waals surface area contributed by atoms with Crippen LogP contribution in [0, 0.1) is 12.8 Å². The van der Waals surface area contributed by atoms with E-state index < -0.39 is 29.6 Å². The lowest BCUT2D eigenvalue weighted by Crippen LogP contribution is -2.34. The van der Waals surface area contributed by atoms with Crippen molar-refractivity contribution in [3.05, 3.63) is 64.7 Å². The van der Waals surface area contributed by atoms with Crippen molar-refractivity contribution in [3.8, 4) is 0 Å². The first-order valence-electron chi connectivity index (χ1n) is 7.96. The van der Waals surface area contributed by atoms with Crippen LogP contribution in [0.1, 0.15) is 15.9 Å². The summed E-state index contributed by atoms with van der Waals surface area (Å²) in [6, 6.07) is 13.3. The van der Waals surface area contributed by atoms with Crippen LogP contribution in [-0.4, -0.2) is 29.4 Å². The summed E-state index contributed by atoms with van der Waals surface area (Å²) in [7, 11) is 0. The number of amides is 2. The maximum Gasteiger partial charge on any atom is 0.278 e. The number of hydrogen-bond acceptors (Lipinski definition) is 5. The Balaban J connectivity index is 1.68. The number of anilines is 1. The topological polar surface area (TPSA) is 76.0 Å². The molecule has 0 radical (unpaired) electrons. The average Bonchev–Trinajstić information content (AvgIpc) is 3.17. The standard InChI is InChI=1S/C19H13ClN2O4/c1-10-4-2-3-5-13(10)22-18(24)14-15(21-26-17(14)19(22)25)16(23)11-6-8-12(20)9-7-11/h2-9,14,17H,1H3/t14-,17-/m1/s1. The minimum Gasteiger partial charge on any atom is -0.381 e. The van der Waals surface area contributed by atoms with Crippen LogP contribution in [0.25, 0.3) is 0 Å². The molecule has 2 aromatic carbocycles. The second kappa shape index (κ2) is 6.07. The van der Waals surface area contributed by atoms with E-state index in [0.29, 0.717) is 16.3 Å². The highest BCUT2D eigenvalue weighted by atomic mass is 35.5. The van der Waals surface area contributed by atoms with Crippen LogP contribution < -0.4 is 4.90 Å². The molecule has 0 N–H and O–H groups in total. The summed E-state index contributed by atoms with van der Waals surface area (Å²) in [5, 5.41) is 4.22. The summed E-state index contributed by atoms with van der Waals surface area (Å²) in [5.41, 5.74) is 1.52. The van der Waals surface area contributed by atoms with Crippen LogP contribution in [0.15, 0.2) is 53.7 Å². The van der Waals surface area contributed by atoms with Crippen molar-refractivity contribution in [3.63, 3.8) is 0 Å². The molecular weight excluding hydrogens is 356 g/mol. The van der Waals surface area contributed by atoms with Crippen molar-refractivity contribution < 1.29 is 19.2 Å². The van der Waals surface area contributed by atoms with Gasteiger partial charge in [-0.3, -0.25) is 14.4 Å². The number of Topliss-reactive ketones (excluding diaryl/α,β-unsaturated/α-hetero) is 1. The van der Waals surface area contributed by atoms with Crippen molar-refractivity contribution >= 4 is 40.6 Å². The number of imide groups is 1. The van der Waals surface area contributed by atoms with E-state index in [2.05, 4.69) is 5.16 Å². The summed E-state index contributed by atoms with van der Waals surface area (Å²) in [6.07, 6.45) is -1.10. The number of aryl methyl sites for hydroxylation is 1. The summed E-state index contributed by atoms with van der Waals surface area (Å²) in [4.78, 5) is 44.6. The molecule has 130 valence electrons. The number of fused-ring (bicyclic) bond motifs is 1. The quantitative estimate of drug-likeness (QED) is 0.616. The highest BCUT2D eigenvalue weighted by Gasteiger charge is 2.57. The molecule has 6 nitrogen and oxygen atoms in total. The molecular formula is C19H13ClN2O4. The Hall–Kier alpha value is -2.99. The third-order valence-corrected chi connectivity index (χ3v) is 4.76. The van der Waals surface area contributed by atoms with Crippen LogP contribution in [0.3, 0.4) is 0 Å². The molecule has 2 aliphatic rings. The molecule has 2 atom stereocenters. The Bertz CT molecular complexity index is 968. The molecule has 7 heteroatoms. The highest BCUT2D eigenvalue weighted by Crippen LogP contribution is 2.35. The van der Waals surface area contributed by atoms with Gasteiger partial charge >= 0.3 is 0 Å². The highest BCUT2D eigenvalue weighted by molar-refractivity contribution is 6.52. The predicted molar refractivity (Wildman–Crippen MR) is 95.3 cm³/mol. The summed E-state index contributed by atoms with van der Waals surface area (Å²) >= 11 is 5.84. The van der Waals surface area contributed by atoms with Gasteiger partial charge < -0.3 is 4.84 Å². The van der Waals surface area contributed by atoms with Gasteiger partial charge in [-0.25, -0.2) is 4.90 Å². The van der Waals surface area contributed by atoms with Crippen LogP contribution >= 0.6 is 11.6 Å². The molecule has 4 rings (SSSR count). The molecule has 0 spiro atoms. The summed E-state index contributed by atoms with van der Waals surface area (Å²) in [5.74, 6) is -2.52. The SMILES string of the molecule is Cc1ccccc1N1C(=O)[C@@H]2C(C(=O)c3ccc(Cl)cc3)=NO[C@H]2C1=O. The average molecular weight is 369 g/mol. The van der Waals surface area contributed by atoms with Gasteiger partial charge in [0.2, 0.25) is 17.8 Å². The molecule has 2 aliphatic heterocycles. The monoisotopic (exact) mass is 368 g/mol. The van der Waals surface area contributed by atoms with Crippen molar-refractivity contribution in [2.45, 2.75) is 13.0 Å². The summed E-state index contributed by atoms with van der Waals surface area (Å²) < 4.78 is 0. The molecule has 0 aliphatic carbocycles. The predicted octanol–water partition coefficient (Wildman–Crippen LogP) is 2.78. The smallest absolute Gasteiger partial charge is 0.278 e. The Morgan fingerprint density at radius 1 is 1.08 bits per heavy atom. The van der Waals surface area contributed by atoms with Gasteiger partial charge in [0.25, 0.3) is 5.91 Å². The molecule has 1 saturated heterocycles. The zero-order valence-electron chi connectivity index (χ0n) is 13.7. The first-order chi connectivity index (χ1) is 12.5. The number of ketones is 1. The van der Waals surface area contributed by atoms with Crippen molar-refractivity contribution in [1.29, 1.82) is 0 Å². The van der Waals surface area contributed by atoms with Crippen molar-refractivity contribution in [2.75, 3.05) is 4.90 Å². The Morgan fingerprint density at radius 3 is 2.46 bits per heavy atom. The minimum atomic E-state index is -1.10. The zero-order chi connectivity index (χ0) is 18.4. The molecule has 26 heavy (non-hydrogen) atoms. The number of halogens is 1. The number of benzene rings is 2. The van der Waals surface area contributed by atoms with Gasteiger partial charge in [0.1, 0.15) is 11.6 Å². The minimum absolute atomic E-state index is 0.0632. The van der Waals surface area contributed by atoms with E-state index in [1.165, 1.54) is 0 Å². The van der Waals surface area contributed by atoms with Crippen molar-refractivity contribution in [1.82, 2.24) is 0 Å². The largest absolute Gasteiger partial charge is 0.381 e. The lowest BCUT2D eigenvalue weighted by Gasteiger charge is -2.17. The second-order valence-electron chi connectivity index (χ2n) is 6.11. The fourth-order valence-corrected chi connectivity index (χ4v) is 3.29. The Kier molecular flexibility index (Phi) is 3.85. The Labute approximate surface area is 154 Å². The number of carbonyl (C=O) groups excluding carboxylic acids is 3. The van der Waals surface area contributed by atoms with E-state index in [4.69, 9.17) is 16.4 Å². The third kappa shape index (κ3) is 2.42. The molecule has 2 amide bonds. The van der Waals surface area contributed by atoms with Crippen LogP contribution in [0.4, 0.5) is 5.69 Å². The fourth-order valence-electron chi connectivity index (χ4n) is 3.17. The molecule has 0 saturated carbocycles. The van der Waals surface area contributed by atoms with E-state index in [9.17, 15) is 14.4 Å². The van der Waals surface area contributed by atoms with E-state index >= 15 is 0 Å². The maximum absolute atomic E-state index is 12.9. The first kappa shape index (κ1) is 16.5. The number of oxime groups is 1. The van der Waals surface area contributed by atoms with E-state index in [1.807, 2.05) is 6.07 Å². The van der Waals surface area contributed by atoms with Gasteiger partial charge in [-0.05, 0) is 42.8 Å². The third-order valence-electron chi connectivity index (χ3n) is 4.51. The van der Waals surface area contributed by atoms with Gasteiger partial charge in [-0.15, -0.1) is 0 Å². The molecule has 0 aromatic heterocycles. The lowest BCUT2D eigenvalue weighted by molar-refractivity contribution is -0.126. The normalized spacial score (nSPS) is 21.5. The maximum atomic E-state index is 12.9. The summed E-state index contributed by atoms with van der Waals surface area (Å²) in [6.45, 7) is 1.80. The van der Waals surface area contributed by atoms with E-state index in [-0.39, 0.29) is 5.71 Å². The number of rotatable bonds is 3. The molecule has 0 unspecified atom stereocenters. The van der Waals surface area contributed by atoms with E-state index in [1.54, 1.807) is 49.4 Å². The number of carbonyl (C=O) groups is 3. The number of para-hydroxylation sites is 1.